The lowest BCUT2D eigenvalue weighted by Gasteiger charge is -2.06. The second kappa shape index (κ2) is 6.53. The van der Waals surface area contributed by atoms with E-state index >= 15 is 0 Å². The van der Waals surface area contributed by atoms with E-state index in [1.165, 1.54) is 12.1 Å². The molecule has 0 aliphatic carbocycles. The van der Waals surface area contributed by atoms with E-state index in [0.717, 1.165) is 12.1 Å². The van der Waals surface area contributed by atoms with E-state index in [9.17, 15) is 18.0 Å². The molecule has 1 rings (SSSR count). The average molecular weight is 318 g/mol. The fourth-order valence-corrected chi connectivity index (χ4v) is 2.74. The van der Waals surface area contributed by atoms with E-state index < -0.39 is 27.5 Å². The largest absolute Gasteiger partial charge is 0.478 e. The van der Waals surface area contributed by atoms with Crippen LogP contribution in [0.25, 0.3) is 0 Å². The zero-order valence-corrected chi connectivity index (χ0v) is 11.9. The molecule has 6 nitrogen and oxygen atoms in total. The lowest BCUT2D eigenvalue weighted by Crippen LogP contribution is -2.30. The Morgan fingerprint density at radius 1 is 1.40 bits per heavy atom. The SMILES string of the molecule is C=CCNC(=O)CS(=O)(=O)c1ccc(Cl)c(C(=O)O)c1. The van der Waals surface area contributed by atoms with Gasteiger partial charge in [0.2, 0.25) is 5.91 Å². The molecule has 108 valence electrons. The molecule has 0 unspecified atom stereocenters. The predicted molar refractivity (Wildman–Crippen MR) is 73.7 cm³/mol. The van der Waals surface area contributed by atoms with Crippen LogP contribution in [0.3, 0.4) is 0 Å². The predicted octanol–water partition coefficient (Wildman–Crippen LogP) is 1.11. The van der Waals surface area contributed by atoms with Gasteiger partial charge in [-0.25, -0.2) is 13.2 Å². The number of carboxylic acids is 1. The molecule has 0 aliphatic heterocycles. The summed E-state index contributed by atoms with van der Waals surface area (Å²) < 4.78 is 23.9. The number of aromatic carboxylic acids is 1. The maximum atomic E-state index is 12.0. The van der Waals surface area contributed by atoms with Crippen LogP contribution in [0.2, 0.25) is 5.02 Å². The minimum Gasteiger partial charge on any atom is -0.478 e. The van der Waals surface area contributed by atoms with Crippen molar-refractivity contribution >= 4 is 33.3 Å². The molecule has 0 heterocycles. The Bertz CT molecular complexity index is 654. The number of nitrogens with one attached hydrogen (secondary N) is 1. The van der Waals surface area contributed by atoms with Gasteiger partial charge in [-0.15, -0.1) is 6.58 Å². The van der Waals surface area contributed by atoms with Crippen molar-refractivity contribution in [2.24, 2.45) is 0 Å². The molecule has 0 saturated carbocycles. The van der Waals surface area contributed by atoms with Crippen molar-refractivity contribution in [3.8, 4) is 0 Å². The van der Waals surface area contributed by atoms with Gasteiger partial charge in [0.25, 0.3) is 0 Å². The molecular weight excluding hydrogens is 306 g/mol. The Kier molecular flexibility index (Phi) is 5.29. The molecule has 0 spiro atoms. The molecule has 0 fully saturated rings. The van der Waals surface area contributed by atoms with Crippen molar-refractivity contribution in [3.63, 3.8) is 0 Å². The van der Waals surface area contributed by atoms with Crippen LogP contribution in [0.4, 0.5) is 0 Å². The Labute approximate surface area is 121 Å². The lowest BCUT2D eigenvalue weighted by molar-refractivity contribution is -0.118. The van der Waals surface area contributed by atoms with Crippen molar-refractivity contribution in [2.45, 2.75) is 4.90 Å². The normalized spacial score (nSPS) is 10.8. The van der Waals surface area contributed by atoms with Gasteiger partial charge in [0.05, 0.1) is 15.5 Å². The molecule has 1 aromatic rings. The lowest BCUT2D eigenvalue weighted by atomic mass is 10.2. The van der Waals surface area contributed by atoms with Crippen LogP contribution in [0.15, 0.2) is 35.7 Å². The number of rotatable bonds is 6. The van der Waals surface area contributed by atoms with E-state index in [2.05, 4.69) is 11.9 Å². The van der Waals surface area contributed by atoms with Gasteiger partial charge < -0.3 is 10.4 Å². The Balaban J connectivity index is 3.04. The van der Waals surface area contributed by atoms with E-state index in [0.29, 0.717) is 0 Å². The maximum Gasteiger partial charge on any atom is 0.337 e. The number of hydrogen-bond donors (Lipinski definition) is 2. The van der Waals surface area contributed by atoms with E-state index in [1.807, 2.05) is 0 Å². The topological polar surface area (TPSA) is 101 Å². The van der Waals surface area contributed by atoms with Crippen LogP contribution in [0.1, 0.15) is 10.4 Å². The minimum atomic E-state index is -3.93. The summed E-state index contributed by atoms with van der Waals surface area (Å²) in [5.41, 5.74) is -0.334. The highest BCUT2D eigenvalue weighted by Crippen LogP contribution is 2.21. The van der Waals surface area contributed by atoms with E-state index in [1.54, 1.807) is 0 Å². The molecule has 20 heavy (non-hydrogen) atoms. The summed E-state index contributed by atoms with van der Waals surface area (Å²) in [6, 6.07) is 3.26. The fraction of sp³-hybridized carbons (Fsp3) is 0.167. The van der Waals surface area contributed by atoms with Gasteiger partial charge in [-0.1, -0.05) is 17.7 Å². The number of sulfone groups is 1. The third-order valence-corrected chi connectivity index (χ3v) is 4.24. The zero-order valence-electron chi connectivity index (χ0n) is 10.3. The van der Waals surface area contributed by atoms with Crippen molar-refractivity contribution in [2.75, 3.05) is 12.3 Å². The highest BCUT2D eigenvalue weighted by molar-refractivity contribution is 7.92. The number of hydrogen-bond acceptors (Lipinski definition) is 4. The number of carbonyl (C=O) groups is 2. The van der Waals surface area contributed by atoms with Crippen LogP contribution in [-0.2, 0) is 14.6 Å². The van der Waals surface area contributed by atoms with Crippen molar-refractivity contribution in [3.05, 3.63) is 41.4 Å². The Hall–Kier alpha value is -1.86. The minimum absolute atomic E-state index is 0.0763. The van der Waals surface area contributed by atoms with E-state index in [4.69, 9.17) is 16.7 Å². The standard InChI is InChI=1S/C12H12ClNO5S/c1-2-5-14-11(15)7-20(18,19)8-3-4-10(13)9(6-8)12(16)17/h2-4,6H,1,5,7H2,(H,14,15)(H,16,17). The maximum absolute atomic E-state index is 12.0. The van der Waals surface area contributed by atoms with Gasteiger partial charge in [0.1, 0.15) is 5.75 Å². The first-order valence-electron chi connectivity index (χ1n) is 5.41. The second-order valence-corrected chi connectivity index (χ2v) is 6.20. The van der Waals surface area contributed by atoms with Gasteiger partial charge in [-0.3, -0.25) is 4.79 Å². The van der Waals surface area contributed by atoms with Crippen LogP contribution in [0.5, 0.6) is 0 Å². The molecule has 0 atom stereocenters. The van der Waals surface area contributed by atoms with E-state index in [-0.39, 0.29) is 22.0 Å². The van der Waals surface area contributed by atoms with Gasteiger partial charge in [0, 0.05) is 6.54 Å². The fourth-order valence-electron chi connectivity index (χ4n) is 1.35. The third-order valence-electron chi connectivity index (χ3n) is 2.29. The summed E-state index contributed by atoms with van der Waals surface area (Å²) in [5.74, 6) is -2.82. The quantitative estimate of drug-likeness (QED) is 0.766. The first-order chi connectivity index (χ1) is 9.27. The molecule has 1 aromatic carbocycles. The molecule has 0 aliphatic rings. The number of amides is 1. The van der Waals surface area contributed by atoms with Crippen LogP contribution in [-0.4, -0.2) is 37.7 Å². The number of carboxylic acid groups (broad SMARTS) is 1. The van der Waals surface area contributed by atoms with Crippen LogP contribution >= 0.6 is 11.6 Å². The molecule has 8 heteroatoms. The first-order valence-corrected chi connectivity index (χ1v) is 7.44. The summed E-state index contributed by atoms with van der Waals surface area (Å²) in [4.78, 5) is 22.0. The second-order valence-electron chi connectivity index (χ2n) is 3.80. The van der Waals surface area contributed by atoms with Crippen molar-refractivity contribution < 1.29 is 23.1 Å². The molecular formula is C12H12ClNO5S. The summed E-state index contributed by atoms with van der Waals surface area (Å²) in [5, 5.41) is 11.1. The number of benzene rings is 1. The highest BCUT2D eigenvalue weighted by Gasteiger charge is 2.21. The zero-order chi connectivity index (χ0) is 15.3. The van der Waals surface area contributed by atoms with Crippen molar-refractivity contribution in [1.29, 1.82) is 0 Å². The molecule has 1 amide bonds. The Morgan fingerprint density at radius 3 is 2.60 bits per heavy atom. The summed E-state index contributed by atoms with van der Waals surface area (Å²) >= 11 is 5.65. The smallest absolute Gasteiger partial charge is 0.337 e. The van der Waals surface area contributed by atoms with Gasteiger partial charge in [0.15, 0.2) is 9.84 Å². The summed E-state index contributed by atoms with van der Waals surface area (Å²) in [6.07, 6.45) is 1.41. The molecule has 0 bridgehead atoms. The third kappa shape index (κ3) is 4.07. The average Bonchev–Trinajstić information content (AvgIpc) is 2.35. The number of halogens is 1. The van der Waals surface area contributed by atoms with Gasteiger partial charge in [-0.2, -0.15) is 0 Å². The molecule has 0 saturated heterocycles. The van der Waals surface area contributed by atoms with Gasteiger partial charge in [-0.05, 0) is 18.2 Å². The summed E-state index contributed by atoms with van der Waals surface area (Å²) in [6.45, 7) is 3.53. The molecule has 2 N–H and O–H groups in total. The molecule has 0 aromatic heterocycles. The summed E-state index contributed by atoms with van der Waals surface area (Å²) in [7, 11) is -3.93. The monoisotopic (exact) mass is 317 g/mol. The highest BCUT2D eigenvalue weighted by atomic mass is 35.5. The van der Waals surface area contributed by atoms with Crippen LogP contribution in [0, 0.1) is 0 Å². The molecule has 0 radical (unpaired) electrons. The Morgan fingerprint density at radius 2 is 2.05 bits per heavy atom. The van der Waals surface area contributed by atoms with Crippen molar-refractivity contribution in [1.82, 2.24) is 5.32 Å². The number of carbonyl (C=O) groups excluding carboxylic acids is 1. The van der Waals surface area contributed by atoms with Gasteiger partial charge >= 0.3 is 5.97 Å². The van der Waals surface area contributed by atoms with Crippen LogP contribution < -0.4 is 5.32 Å². The first kappa shape index (κ1) is 16.2.